The average Bonchev–Trinajstić information content (AvgIpc) is 2.60. The Labute approximate surface area is 141 Å². The Hall–Kier alpha value is -2.68. The Balaban J connectivity index is 1.63. The quantitative estimate of drug-likeness (QED) is 0.732. The lowest BCUT2D eigenvalue weighted by molar-refractivity contribution is 0.0947. The summed E-state index contributed by atoms with van der Waals surface area (Å²) in [7, 11) is 0. The average molecular weight is 321 g/mol. The SMILES string of the molecule is C[C@@H](CNC(=O)c1cccc(F)c1)Cc1cccc2ccccc12. The number of amides is 1. The predicted octanol–water partition coefficient (Wildman–Crippen LogP) is 4.59. The van der Waals surface area contributed by atoms with E-state index in [1.54, 1.807) is 12.1 Å². The summed E-state index contributed by atoms with van der Waals surface area (Å²) in [5.41, 5.74) is 1.63. The minimum atomic E-state index is -0.397. The highest BCUT2D eigenvalue weighted by molar-refractivity contribution is 5.94. The van der Waals surface area contributed by atoms with Gasteiger partial charge >= 0.3 is 0 Å². The molecule has 1 atom stereocenters. The molecule has 0 aliphatic carbocycles. The second-order valence-electron chi connectivity index (χ2n) is 6.17. The summed E-state index contributed by atoms with van der Waals surface area (Å²) in [5.74, 6) is -0.348. The van der Waals surface area contributed by atoms with E-state index < -0.39 is 5.82 Å². The zero-order chi connectivity index (χ0) is 16.9. The van der Waals surface area contributed by atoms with Crippen molar-refractivity contribution < 1.29 is 9.18 Å². The van der Waals surface area contributed by atoms with E-state index in [1.165, 1.54) is 28.5 Å². The van der Waals surface area contributed by atoms with Gasteiger partial charge < -0.3 is 5.32 Å². The second kappa shape index (κ2) is 7.26. The van der Waals surface area contributed by atoms with E-state index in [1.807, 2.05) is 12.1 Å². The van der Waals surface area contributed by atoms with Gasteiger partial charge in [-0.25, -0.2) is 4.39 Å². The summed E-state index contributed by atoms with van der Waals surface area (Å²) in [6, 6.07) is 20.4. The molecule has 0 spiro atoms. The molecule has 0 fully saturated rings. The Bertz CT molecular complexity index is 854. The highest BCUT2D eigenvalue weighted by Gasteiger charge is 2.10. The highest BCUT2D eigenvalue weighted by Crippen LogP contribution is 2.21. The van der Waals surface area contributed by atoms with Gasteiger partial charge in [-0.1, -0.05) is 55.5 Å². The minimum absolute atomic E-state index is 0.237. The second-order valence-corrected chi connectivity index (χ2v) is 6.17. The van der Waals surface area contributed by atoms with E-state index in [4.69, 9.17) is 0 Å². The van der Waals surface area contributed by atoms with Gasteiger partial charge in [-0.05, 0) is 46.9 Å². The Morgan fingerprint density at radius 1 is 1.04 bits per heavy atom. The van der Waals surface area contributed by atoms with Gasteiger partial charge in [-0.2, -0.15) is 0 Å². The van der Waals surface area contributed by atoms with Crippen LogP contribution >= 0.6 is 0 Å². The summed E-state index contributed by atoms with van der Waals surface area (Å²) in [6.07, 6.45) is 0.880. The standard InChI is InChI=1S/C21H20FNO/c1-15(14-23-21(24)18-9-5-10-19(22)13-18)12-17-8-4-7-16-6-2-3-11-20(16)17/h2-11,13,15H,12,14H2,1H3,(H,23,24)/t15-/m1/s1. The monoisotopic (exact) mass is 321 g/mol. The minimum Gasteiger partial charge on any atom is -0.352 e. The molecule has 0 saturated heterocycles. The van der Waals surface area contributed by atoms with Crippen molar-refractivity contribution in [1.29, 1.82) is 0 Å². The van der Waals surface area contributed by atoms with Crippen molar-refractivity contribution in [2.45, 2.75) is 13.3 Å². The Morgan fingerprint density at radius 2 is 1.79 bits per heavy atom. The van der Waals surface area contributed by atoms with Crippen molar-refractivity contribution in [3.63, 3.8) is 0 Å². The summed E-state index contributed by atoms with van der Waals surface area (Å²) < 4.78 is 13.2. The third-order valence-electron chi connectivity index (χ3n) is 4.15. The fourth-order valence-electron chi connectivity index (χ4n) is 2.92. The molecule has 1 N–H and O–H groups in total. The molecule has 0 aliphatic rings. The third-order valence-corrected chi connectivity index (χ3v) is 4.15. The van der Waals surface area contributed by atoms with Crippen LogP contribution < -0.4 is 5.32 Å². The first-order valence-electron chi connectivity index (χ1n) is 8.14. The Kier molecular flexibility index (Phi) is 4.90. The van der Waals surface area contributed by atoms with Crippen LogP contribution in [0.5, 0.6) is 0 Å². The molecule has 2 nitrogen and oxygen atoms in total. The molecule has 24 heavy (non-hydrogen) atoms. The van der Waals surface area contributed by atoms with Crippen LogP contribution in [0.3, 0.4) is 0 Å². The molecule has 1 amide bonds. The maximum Gasteiger partial charge on any atom is 0.251 e. The molecule has 3 aromatic rings. The number of hydrogen-bond acceptors (Lipinski definition) is 1. The predicted molar refractivity (Wildman–Crippen MR) is 95.5 cm³/mol. The van der Waals surface area contributed by atoms with Gasteiger partial charge in [-0.15, -0.1) is 0 Å². The number of carbonyl (C=O) groups is 1. The largest absolute Gasteiger partial charge is 0.352 e. The molecule has 0 heterocycles. The number of fused-ring (bicyclic) bond motifs is 1. The lowest BCUT2D eigenvalue weighted by Crippen LogP contribution is -2.29. The van der Waals surface area contributed by atoms with Gasteiger partial charge in [0.15, 0.2) is 0 Å². The zero-order valence-corrected chi connectivity index (χ0v) is 13.6. The molecular weight excluding hydrogens is 301 g/mol. The fraction of sp³-hybridized carbons (Fsp3) is 0.190. The van der Waals surface area contributed by atoms with Gasteiger partial charge in [0.05, 0.1) is 0 Å². The van der Waals surface area contributed by atoms with Gasteiger partial charge in [0.1, 0.15) is 5.82 Å². The van der Waals surface area contributed by atoms with Crippen molar-refractivity contribution in [2.24, 2.45) is 5.92 Å². The van der Waals surface area contributed by atoms with Crippen molar-refractivity contribution in [3.05, 3.63) is 83.7 Å². The smallest absolute Gasteiger partial charge is 0.251 e. The lowest BCUT2D eigenvalue weighted by atomic mass is 9.96. The summed E-state index contributed by atoms with van der Waals surface area (Å²) in [6.45, 7) is 2.66. The van der Waals surface area contributed by atoms with Crippen LogP contribution in [-0.2, 0) is 6.42 Å². The topological polar surface area (TPSA) is 29.1 Å². The van der Waals surface area contributed by atoms with Crippen molar-refractivity contribution in [2.75, 3.05) is 6.54 Å². The molecule has 3 rings (SSSR count). The van der Waals surface area contributed by atoms with Crippen LogP contribution in [0, 0.1) is 11.7 Å². The Morgan fingerprint density at radius 3 is 2.62 bits per heavy atom. The summed E-state index contributed by atoms with van der Waals surface area (Å²) >= 11 is 0. The molecule has 122 valence electrons. The van der Waals surface area contributed by atoms with Crippen LogP contribution in [0.15, 0.2) is 66.7 Å². The van der Waals surface area contributed by atoms with Crippen LogP contribution in [0.4, 0.5) is 4.39 Å². The van der Waals surface area contributed by atoms with Gasteiger partial charge in [0.2, 0.25) is 0 Å². The molecule has 0 saturated carbocycles. The van der Waals surface area contributed by atoms with Gasteiger partial charge in [0.25, 0.3) is 5.91 Å². The normalized spacial score (nSPS) is 12.1. The molecular formula is C21H20FNO. The highest BCUT2D eigenvalue weighted by atomic mass is 19.1. The van der Waals surface area contributed by atoms with E-state index in [0.717, 1.165) is 6.42 Å². The molecule has 0 unspecified atom stereocenters. The van der Waals surface area contributed by atoms with Crippen LogP contribution in [0.25, 0.3) is 10.8 Å². The number of rotatable bonds is 5. The van der Waals surface area contributed by atoms with Crippen molar-refractivity contribution in [3.8, 4) is 0 Å². The lowest BCUT2D eigenvalue weighted by Gasteiger charge is -2.14. The van der Waals surface area contributed by atoms with Crippen LogP contribution in [-0.4, -0.2) is 12.5 Å². The number of nitrogens with one attached hydrogen (secondary N) is 1. The maximum absolute atomic E-state index is 13.2. The molecule has 0 bridgehead atoms. The van der Waals surface area contributed by atoms with Gasteiger partial charge in [0, 0.05) is 12.1 Å². The van der Waals surface area contributed by atoms with E-state index in [2.05, 4.69) is 42.6 Å². The van der Waals surface area contributed by atoms with Crippen molar-refractivity contribution in [1.82, 2.24) is 5.32 Å². The first kappa shape index (κ1) is 16.2. The molecule has 0 aliphatic heterocycles. The molecule has 3 aromatic carbocycles. The number of halogens is 1. The van der Waals surface area contributed by atoms with E-state index in [9.17, 15) is 9.18 Å². The molecule has 3 heteroatoms. The maximum atomic E-state index is 13.2. The van der Waals surface area contributed by atoms with Crippen LogP contribution in [0.2, 0.25) is 0 Å². The van der Waals surface area contributed by atoms with Crippen LogP contribution in [0.1, 0.15) is 22.8 Å². The van der Waals surface area contributed by atoms with E-state index >= 15 is 0 Å². The van der Waals surface area contributed by atoms with E-state index in [0.29, 0.717) is 12.1 Å². The third kappa shape index (κ3) is 3.80. The first-order chi connectivity index (χ1) is 11.6. The van der Waals surface area contributed by atoms with Gasteiger partial charge in [-0.3, -0.25) is 4.79 Å². The fourth-order valence-corrected chi connectivity index (χ4v) is 2.92. The summed E-state index contributed by atoms with van der Waals surface area (Å²) in [4.78, 5) is 12.1. The number of benzene rings is 3. The number of hydrogen-bond donors (Lipinski definition) is 1. The molecule has 0 radical (unpaired) electrons. The first-order valence-corrected chi connectivity index (χ1v) is 8.14. The van der Waals surface area contributed by atoms with E-state index in [-0.39, 0.29) is 11.8 Å². The zero-order valence-electron chi connectivity index (χ0n) is 13.6. The number of carbonyl (C=O) groups excluding carboxylic acids is 1. The van der Waals surface area contributed by atoms with Crippen molar-refractivity contribution >= 4 is 16.7 Å². The molecule has 0 aromatic heterocycles. The summed E-state index contributed by atoms with van der Waals surface area (Å²) in [5, 5.41) is 5.37.